The second kappa shape index (κ2) is 7.59. The van der Waals surface area contributed by atoms with Crippen molar-refractivity contribution in [1.82, 2.24) is 19.7 Å². The summed E-state index contributed by atoms with van der Waals surface area (Å²) in [7, 11) is 0. The van der Waals surface area contributed by atoms with E-state index in [-0.39, 0.29) is 5.91 Å². The lowest BCUT2D eigenvalue weighted by Gasteiger charge is -2.21. The highest BCUT2D eigenvalue weighted by atomic mass is 16.3. The van der Waals surface area contributed by atoms with Crippen LogP contribution in [0.2, 0.25) is 0 Å². The number of aromatic nitrogens is 3. The van der Waals surface area contributed by atoms with E-state index in [1.54, 1.807) is 34.4 Å². The summed E-state index contributed by atoms with van der Waals surface area (Å²) in [4.78, 5) is 18.6. The third kappa shape index (κ3) is 4.32. The van der Waals surface area contributed by atoms with E-state index in [4.69, 9.17) is 4.42 Å². The standard InChI is InChI=1S/C18H20N4O2/c1-15-10-20-22(12-15)8-6-18(23)21(14-17-5-3-9-24-17)13-16-4-2-7-19-11-16/h2-5,7,9-12H,6,8,13-14H2,1H3. The number of hydrogen-bond acceptors (Lipinski definition) is 4. The van der Waals surface area contributed by atoms with Gasteiger partial charge >= 0.3 is 0 Å². The molecule has 3 heterocycles. The molecule has 3 aromatic rings. The maximum atomic E-state index is 12.7. The van der Waals surface area contributed by atoms with E-state index >= 15 is 0 Å². The highest BCUT2D eigenvalue weighted by molar-refractivity contribution is 5.76. The average molecular weight is 324 g/mol. The summed E-state index contributed by atoms with van der Waals surface area (Å²) in [5.41, 5.74) is 2.08. The van der Waals surface area contributed by atoms with E-state index in [9.17, 15) is 4.79 Å². The Morgan fingerprint density at radius 2 is 2.17 bits per heavy atom. The number of amides is 1. The predicted molar refractivity (Wildman–Crippen MR) is 88.8 cm³/mol. The Bertz CT molecular complexity index is 765. The van der Waals surface area contributed by atoms with Crippen LogP contribution in [0.3, 0.4) is 0 Å². The third-order valence-corrected chi connectivity index (χ3v) is 3.69. The molecule has 0 spiro atoms. The van der Waals surface area contributed by atoms with Crippen LogP contribution in [-0.2, 0) is 24.4 Å². The second-order valence-electron chi connectivity index (χ2n) is 5.72. The van der Waals surface area contributed by atoms with Crippen molar-refractivity contribution in [3.05, 3.63) is 72.2 Å². The van der Waals surface area contributed by atoms with Gasteiger partial charge in [0.1, 0.15) is 5.76 Å². The van der Waals surface area contributed by atoms with Crippen LogP contribution in [0.5, 0.6) is 0 Å². The van der Waals surface area contributed by atoms with Crippen LogP contribution in [0, 0.1) is 6.92 Å². The molecule has 0 fully saturated rings. The molecule has 124 valence electrons. The first-order valence-electron chi connectivity index (χ1n) is 7.89. The monoisotopic (exact) mass is 324 g/mol. The Hall–Kier alpha value is -2.89. The molecule has 6 heteroatoms. The topological polar surface area (TPSA) is 64.2 Å². The molecule has 0 unspecified atom stereocenters. The number of aryl methyl sites for hydroxylation is 2. The number of hydrogen-bond donors (Lipinski definition) is 0. The normalized spacial score (nSPS) is 10.7. The lowest BCUT2D eigenvalue weighted by atomic mass is 10.2. The molecule has 0 aliphatic carbocycles. The van der Waals surface area contributed by atoms with Gasteiger partial charge in [-0.05, 0) is 36.2 Å². The number of furan rings is 1. The zero-order chi connectivity index (χ0) is 16.8. The molecule has 0 atom stereocenters. The fourth-order valence-corrected chi connectivity index (χ4v) is 2.49. The van der Waals surface area contributed by atoms with Crippen molar-refractivity contribution in [3.63, 3.8) is 0 Å². The van der Waals surface area contributed by atoms with Crippen molar-refractivity contribution in [2.45, 2.75) is 33.0 Å². The maximum Gasteiger partial charge on any atom is 0.225 e. The number of rotatable bonds is 7. The van der Waals surface area contributed by atoms with Crippen LogP contribution in [0.1, 0.15) is 23.3 Å². The van der Waals surface area contributed by atoms with Gasteiger partial charge < -0.3 is 9.32 Å². The molecule has 0 saturated carbocycles. The van der Waals surface area contributed by atoms with Crippen molar-refractivity contribution < 1.29 is 9.21 Å². The molecule has 0 aliphatic rings. The number of nitrogens with zero attached hydrogens (tertiary/aromatic N) is 4. The van der Waals surface area contributed by atoms with Crippen molar-refractivity contribution >= 4 is 5.91 Å². The number of carbonyl (C=O) groups is 1. The minimum Gasteiger partial charge on any atom is -0.467 e. The van der Waals surface area contributed by atoms with Gasteiger partial charge in [0.25, 0.3) is 0 Å². The summed E-state index contributed by atoms with van der Waals surface area (Å²) < 4.78 is 7.18. The second-order valence-corrected chi connectivity index (χ2v) is 5.72. The molecule has 3 aromatic heterocycles. The Morgan fingerprint density at radius 1 is 1.25 bits per heavy atom. The Labute approximate surface area is 140 Å². The van der Waals surface area contributed by atoms with Gasteiger partial charge in [-0.15, -0.1) is 0 Å². The van der Waals surface area contributed by atoms with Crippen molar-refractivity contribution in [1.29, 1.82) is 0 Å². The molecule has 1 amide bonds. The Balaban J connectivity index is 1.66. The van der Waals surface area contributed by atoms with Gasteiger partial charge in [-0.25, -0.2) is 0 Å². The summed E-state index contributed by atoms with van der Waals surface area (Å²) >= 11 is 0. The van der Waals surface area contributed by atoms with E-state index in [2.05, 4.69) is 10.1 Å². The van der Waals surface area contributed by atoms with Gasteiger partial charge in [0.15, 0.2) is 0 Å². The first-order valence-corrected chi connectivity index (χ1v) is 7.89. The molecular weight excluding hydrogens is 304 g/mol. The molecule has 3 rings (SSSR count). The molecule has 0 aromatic carbocycles. The lowest BCUT2D eigenvalue weighted by Crippen LogP contribution is -2.30. The highest BCUT2D eigenvalue weighted by Gasteiger charge is 2.16. The van der Waals surface area contributed by atoms with Crippen LogP contribution in [0.15, 0.2) is 59.7 Å². The van der Waals surface area contributed by atoms with Crippen LogP contribution in [0.4, 0.5) is 0 Å². The quantitative estimate of drug-likeness (QED) is 0.670. The van der Waals surface area contributed by atoms with Gasteiger partial charge in [0.2, 0.25) is 5.91 Å². The van der Waals surface area contributed by atoms with E-state index in [0.717, 1.165) is 16.9 Å². The van der Waals surface area contributed by atoms with E-state index in [1.165, 1.54) is 0 Å². The number of carbonyl (C=O) groups excluding carboxylic acids is 1. The zero-order valence-corrected chi connectivity index (χ0v) is 13.6. The molecule has 24 heavy (non-hydrogen) atoms. The molecule has 0 bridgehead atoms. The highest BCUT2D eigenvalue weighted by Crippen LogP contribution is 2.12. The smallest absolute Gasteiger partial charge is 0.225 e. The molecule has 0 N–H and O–H groups in total. The van der Waals surface area contributed by atoms with Gasteiger partial charge in [0, 0.05) is 38.1 Å². The predicted octanol–water partition coefficient (Wildman–Crippen LogP) is 2.80. The number of pyridine rings is 1. The van der Waals surface area contributed by atoms with Gasteiger partial charge in [0.05, 0.1) is 19.0 Å². The maximum absolute atomic E-state index is 12.7. The Morgan fingerprint density at radius 3 is 2.83 bits per heavy atom. The van der Waals surface area contributed by atoms with Crippen molar-refractivity contribution in [3.8, 4) is 0 Å². The lowest BCUT2D eigenvalue weighted by molar-refractivity contribution is -0.133. The third-order valence-electron chi connectivity index (χ3n) is 3.69. The van der Waals surface area contributed by atoms with Gasteiger partial charge in [-0.1, -0.05) is 6.07 Å². The minimum atomic E-state index is 0.0587. The van der Waals surface area contributed by atoms with Crippen molar-refractivity contribution in [2.24, 2.45) is 0 Å². The van der Waals surface area contributed by atoms with Crippen LogP contribution in [0.25, 0.3) is 0 Å². The molecule has 0 radical (unpaired) electrons. The summed E-state index contributed by atoms with van der Waals surface area (Å²) in [6.45, 7) is 3.50. The molecule has 0 aliphatic heterocycles. The van der Waals surface area contributed by atoms with Crippen molar-refractivity contribution in [2.75, 3.05) is 0 Å². The van der Waals surface area contributed by atoms with Crippen LogP contribution >= 0.6 is 0 Å². The minimum absolute atomic E-state index is 0.0587. The first-order chi connectivity index (χ1) is 11.7. The van der Waals surface area contributed by atoms with Gasteiger partial charge in [-0.3, -0.25) is 14.5 Å². The summed E-state index contributed by atoms with van der Waals surface area (Å²) in [5.74, 6) is 0.825. The Kier molecular flexibility index (Phi) is 5.05. The molecule has 0 saturated heterocycles. The fourth-order valence-electron chi connectivity index (χ4n) is 2.49. The summed E-state index contributed by atoms with van der Waals surface area (Å²) in [5, 5.41) is 4.22. The van der Waals surface area contributed by atoms with Crippen LogP contribution in [-0.4, -0.2) is 25.6 Å². The summed E-state index contributed by atoms with van der Waals surface area (Å²) in [6, 6.07) is 7.54. The first kappa shape index (κ1) is 16.0. The SMILES string of the molecule is Cc1cnn(CCC(=O)N(Cc2cccnc2)Cc2ccco2)c1. The molecular formula is C18H20N4O2. The molecule has 6 nitrogen and oxygen atoms in total. The van der Waals surface area contributed by atoms with E-state index in [1.807, 2.05) is 37.4 Å². The van der Waals surface area contributed by atoms with Gasteiger partial charge in [-0.2, -0.15) is 5.10 Å². The van der Waals surface area contributed by atoms with E-state index in [0.29, 0.717) is 26.1 Å². The fraction of sp³-hybridized carbons (Fsp3) is 0.278. The average Bonchev–Trinajstić information content (AvgIpc) is 3.24. The van der Waals surface area contributed by atoms with E-state index < -0.39 is 0 Å². The summed E-state index contributed by atoms with van der Waals surface area (Å²) in [6.07, 6.45) is 9.24. The largest absolute Gasteiger partial charge is 0.467 e. The zero-order valence-electron chi connectivity index (χ0n) is 13.6. The van der Waals surface area contributed by atoms with Crippen LogP contribution < -0.4 is 0 Å².